The first-order valence-corrected chi connectivity index (χ1v) is 13.4. The highest BCUT2D eigenvalue weighted by Crippen LogP contribution is 2.25. The maximum atomic E-state index is 13.3. The van der Waals surface area contributed by atoms with E-state index < -0.39 is 25.2 Å². The minimum atomic E-state index is -4.01. The number of sulfonamides is 1. The van der Waals surface area contributed by atoms with Crippen LogP contribution in [0.2, 0.25) is 0 Å². The fourth-order valence-corrected chi connectivity index (χ4v) is 7.50. The second-order valence-corrected chi connectivity index (χ2v) is 11.8. The van der Waals surface area contributed by atoms with Gasteiger partial charge in [-0.3, -0.25) is 0 Å². The SMILES string of the molecule is CCCCCCC(NS(=O)(=O)c1c(C)cc(C)cc1C)S(=O)(=O)c1ccc(C)cc1. The van der Waals surface area contributed by atoms with E-state index in [1.807, 2.05) is 13.8 Å². The molecule has 1 N–H and O–H groups in total. The van der Waals surface area contributed by atoms with Crippen LogP contribution in [0.1, 0.15) is 61.3 Å². The van der Waals surface area contributed by atoms with Crippen LogP contribution in [-0.4, -0.2) is 22.2 Å². The summed E-state index contributed by atoms with van der Waals surface area (Å²) in [6.07, 6.45) is 3.74. The first-order chi connectivity index (χ1) is 14.0. The number of hydrogen-bond donors (Lipinski definition) is 1. The van der Waals surface area contributed by atoms with Crippen LogP contribution in [0.5, 0.6) is 0 Å². The molecule has 5 nitrogen and oxygen atoms in total. The second kappa shape index (κ2) is 10.1. The normalized spacial score (nSPS) is 13.4. The average molecular weight is 452 g/mol. The Hall–Kier alpha value is -1.70. The van der Waals surface area contributed by atoms with Gasteiger partial charge in [-0.2, -0.15) is 4.72 Å². The molecule has 0 saturated heterocycles. The van der Waals surface area contributed by atoms with E-state index in [1.165, 1.54) is 0 Å². The maximum absolute atomic E-state index is 13.3. The topological polar surface area (TPSA) is 80.3 Å². The van der Waals surface area contributed by atoms with Crippen molar-refractivity contribution in [2.45, 2.75) is 81.9 Å². The summed E-state index contributed by atoms with van der Waals surface area (Å²) < 4.78 is 55.6. The highest BCUT2D eigenvalue weighted by molar-refractivity contribution is 7.94. The van der Waals surface area contributed by atoms with Crippen molar-refractivity contribution >= 4 is 19.9 Å². The zero-order valence-electron chi connectivity index (χ0n) is 18.5. The van der Waals surface area contributed by atoms with Crippen molar-refractivity contribution < 1.29 is 16.8 Å². The number of unbranched alkanes of at least 4 members (excludes halogenated alkanes) is 3. The summed E-state index contributed by atoms with van der Waals surface area (Å²) in [6.45, 7) is 9.33. The molecule has 30 heavy (non-hydrogen) atoms. The molecule has 2 aromatic rings. The third-order valence-corrected chi connectivity index (χ3v) is 9.16. The standard InChI is InChI=1S/C23H33NO4S2/c1-6-7-8-9-10-22(29(25,26)21-13-11-17(2)12-14-21)24-30(27,28)23-19(4)15-18(3)16-20(23)5/h11-16,22,24H,6-10H2,1-5H3. The largest absolute Gasteiger partial charge is 0.242 e. The Balaban J connectivity index is 2.43. The van der Waals surface area contributed by atoms with E-state index in [2.05, 4.69) is 11.6 Å². The molecule has 0 radical (unpaired) electrons. The Kier molecular flexibility index (Phi) is 8.25. The smallest absolute Gasteiger partial charge is 0.222 e. The minimum absolute atomic E-state index is 0.133. The lowest BCUT2D eigenvalue weighted by atomic mass is 10.1. The van der Waals surface area contributed by atoms with Gasteiger partial charge in [0.05, 0.1) is 9.79 Å². The summed E-state index contributed by atoms with van der Waals surface area (Å²) in [5, 5.41) is -1.21. The van der Waals surface area contributed by atoms with Crippen molar-refractivity contribution in [1.29, 1.82) is 0 Å². The third kappa shape index (κ3) is 5.93. The molecule has 0 saturated carbocycles. The molecule has 0 heterocycles. The monoisotopic (exact) mass is 451 g/mol. The van der Waals surface area contributed by atoms with Crippen molar-refractivity contribution in [3.63, 3.8) is 0 Å². The lowest BCUT2D eigenvalue weighted by molar-refractivity contribution is 0.528. The van der Waals surface area contributed by atoms with E-state index in [1.54, 1.807) is 50.2 Å². The van der Waals surface area contributed by atoms with E-state index >= 15 is 0 Å². The number of nitrogens with one attached hydrogen (secondary N) is 1. The van der Waals surface area contributed by atoms with Crippen LogP contribution in [-0.2, 0) is 19.9 Å². The molecule has 166 valence electrons. The van der Waals surface area contributed by atoms with E-state index in [-0.39, 0.29) is 16.2 Å². The molecule has 0 spiro atoms. The minimum Gasteiger partial charge on any atom is -0.222 e. The molecule has 0 aromatic heterocycles. The Bertz CT molecular complexity index is 1050. The molecule has 1 unspecified atom stereocenters. The summed E-state index contributed by atoms with van der Waals surface area (Å²) in [5.74, 6) is 0. The average Bonchev–Trinajstić information content (AvgIpc) is 2.63. The summed E-state index contributed by atoms with van der Waals surface area (Å²) in [5.41, 5.74) is 3.13. The van der Waals surface area contributed by atoms with Crippen LogP contribution in [0.25, 0.3) is 0 Å². The lowest BCUT2D eigenvalue weighted by Crippen LogP contribution is -2.41. The molecule has 1 atom stereocenters. The molecule has 7 heteroatoms. The molecule has 0 aliphatic carbocycles. The number of hydrogen-bond acceptors (Lipinski definition) is 4. The van der Waals surface area contributed by atoms with Crippen molar-refractivity contribution in [2.24, 2.45) is 0 Å². The Morgan fingerprint density at radius 3 is 1.90 bits per heavy atom. The van der Waals surface area contributed by atoms with Crippen LogP contribution in [0.3, 0.4) is 0 Å². The van der Waals surface area contributed by atoms with Gasteiger partial charge in [0.15, 0.2) is 9.84 Å². The van der Waals surface area contributed by atoms with Gasteiger partial charge in [-0.1, -0.05) is 68.0 Å². The Morgan fingerprint density at radius 2 is 1.37 bits per heavy atom. The highest BCUT2D eigenvalue weighted by atomic mass is 32.2. The third-order valence-electron chi connectivity index (χ3n) is 5.20. The van der Waals surface area contributed by atoms with Gasteiger partial charge in [0.1, 0.15) is 5.37 Å². The van der Waals surface area contributed by atoms with E-state index in [0.717, 1.165) is 30.4 Å². The summed E-state index contributed by atoms with van der Waals surface area (Å²) >= 11 is 0. The Morgan fingerprint density at radius 1 is 0.800 bits per heavy atom. The van der Waals surface area contributed by atoms with E-state index in [9.17, 15) is 16.8 Å². The number of rotatable bonds is 10. The highest BCUT2D eigenvalue weighted by Gasteiger charge is 2.33. The maximum Gasteiger partial charge on any atom is 0.242 e. The second-order valence-electron chi connectivity index (χ2n) is 8.05. The predicted octanol–water partition coefficient (Wildman–Crippen LogP) is 4.97. The van der Waals surface area contributed by atoms with Gasteiger partial charge in [0, 0.05) is 0 Å². The molecule has 0 aliphatic rings. The van der Waals surface area contributed by atoms with Gasteiger partial charge >= 0.3 is 0 Å². The molecule has 0 fully saturated rings. The van der Waals surface area contributed by atoms with Gasteiger partial charge < -0.3 is 0 Å². The van der Waals surface area contributed by atoms with Gasteiger partial charge in [0.2, 0.25) is 10.0 Å². The molecule has 0 aliphatic heterocycles. The van der Waals surface area contributed by atoms with Crippen molar-refractivity contribution in [1.82, 2.24) is 4.72 Å². The van der Waals surface area contributed by atoms with Gasteiger partial charge in [-0.25, -0.2) is 16.8 Å². The van der Waals surface area contributed by atoms with Crippen molar-refractivity contribution in [3.05, 3.63) is 58.7 Å². The summed E-state index contributed by atoms with van der Waals surface area (Å²) in [7, 11) is -7.88. The van der Waals surface area contributed by atoms with Crippen molar-refractivity contribution in [2.75, 3.05) is 0 Å². The first kappa shape index (κ1) is 24.6. The van der Waals surface area contributed by atoms with Gasteiger partial charge in [-0.05, 0) is 57.4 Å². The number of benzene rings is 2. The fraction of sp³-hybridized carbons (Fsp3) is 0.478. The zero-order valence-corrected chi connectivity index (χ0v) is 20.2. The Labute approximate surface area is 181 Å². The zero-order chi connectivity index (χ0) is 22.5. The molecular weight excluding hydrogens is 418 g/mol. The van der Waals surface area contributed by atoms with Gasteiger partial charge in [-0.15, -0.1) is 0 Å². The first-order valence-electron chi connectivity index (χ1n) is 10.4. The van der Waals surface area contributed by atoms with Gasteiger partial charge in [0.25, 0.3) is 0 Å². The molecular formula is C23H33NO4S2. The molecule has 2 aromatic carbocycles. The van der Waals surface area contributed by atoms with Crippen LogP contribution in [0.15, 0.2) is 46.2 Å². The fourth-order valence-electron chi connectivity index (χ4n) is 3.75. The van der Waals surface area contributed by atoms with Crippen LogP contribution >= 0.6 is 0 Å². The molecule has 2 rings (SSSR count). The van der Waals surface area contributed by atoms with Crippen molar-refractivity contribution in [3.8, 4) is 0 Å². The van der Waals surface area contributed by atoms with E-state index in [4.69, 9.17) is 0 Å². The summed E-state index contributed by atoms with van der Waals surface area (Å²) in [4.78, 5) is 0.291. The van der Waals surface area contributed by atoms with Crippen LogP contribution < -0.4 is 4.72 Å². The van der Waals surface area contributed by atoms with E-state index in [0.29, 0.717) is 17.5 Å². The quantitative estimate of drug-likeness (QED) is 0.517. The molecule has 0 amide bonds. The predicted molar refractivity (Wildman–Crippen MR) is 122 cm³/mol. The summed E-state index contributed by atoms with van der Waals surface area (Å²) in [6, 6.07) is 10.1. The molecule has 0 bridgehead atoms. The number of aryl methyl sites for hydroxylation is 4. The van der Waals surface area contributed by atoms with Crippen LogP contribution in [0, 0.1) is 27.7 Å². The lowest BCUT2D eigenvalue weighted by Gasteiger charge is -2.21. The number of sulfone groups is 1. The van der Waals surface area contributed by atoms with Crippen LogP contribution in [0.4, 0.5) is 0 Å².